The minimum atomic E-state index is -0.666. The van der Waals surface area contributed by atoms with Crippen molar-refractivity contribution in [3.05, 3.63) is 29.8 Å². The van der Waals surface area contributed by atoms with E-state index < -0.39 is 5.54 Å². The van der Waals surface area contributed by atoms with Gasteiger partial charge in [-0.05, 0) is 31.9 Å². The normalized spacial score (nSPS) is 14.0. The van der Waals surface area contributed by atoms with E-state index in [9.17, 15) is 4.79 Å². The van der Waals surface area contributed by atoms with Crippen molar-refractivity contribution in [3.63, 3.8) is 0 Å². The van der Waals surface area contributed by atoms with E-state index in [1.165, 1.54) is 7.11 Å². The summed E-state index contributed by atoms with van der Waals surface area (Å²) < 4.78 is 4.82. The fourth-order valence-corrected chi connectivity index (χ4v) is 1.52. The lowest BCUT2D eigenvalue weighted by Gasteiger charge is -2.28. The highest BCUT2D eigenvalue weighted by molar-refractivity contribution is 5.84. The molecule has 1 aromatic rings. The molecule has 1 aromatic carbocycles. The number of carbonyl (C=O) groups is 1. The molecule has 0 radical (unpaired) electrons. The van der Waals surface area contributed by atoms with Crippen LogP contribution >= 0.6 is 0 Å². The predicted octanol–water partition coefficient (Wildman–Crippen LogP) is 2.75. The summed E-state index contributed by atoms with van der Waals surface area (Å²) in [5.74, 6) is -0.238. The Bertz CT molecular complexity index is 376. The molecule has 0 saturated carbocycles. The molecule has 16 heavy (non-hydrogen) atoms. The Morgan fingerprint density at radius 3 is 2.56 bits per heavy atom. The number of esters is 1. The molecule has 0 bridgehead atoms. The maximum absolute atomic E-state index is 11.7. The number of para-hydroxylation sites is 1. The van der Waals surface area contributed by atoms with Gasteiger partial charge in [-0.1, -0.05) is 25.1 Å². The molecule has 1 rings (SSSR count). The van der Waals surface area contributed by atoms with Crippen LogP contribution in [0, 0.1) is 6.92 Å². The van der Waals surface area contributed by atoms with Gasteiger partial charge in [0, 0.05) is 5.69 Å². The van der Waals surface area contributed by atoms with Gasteiger partial charge in [0.2, 0.25) is 0 Å². The number of rotatable bonds is 4. The van der Waals surface area contributed by atoms with Crippen LogP contribution in [0.2, 0.25) is 0 Å². The van der Waals surface area contributed by atoms with Crippen molar-refractivity contribution in [2.75, 3.05) is 12.4 Å². The maximum Gasteiger partial charge on any atom is 0.331 e. The average Bonchev–Trinajstić information content (AvgIpc) is 2.31. The monoisotopic (exact) mass is 221 g/mol. The summed E-state index contributed by atoms with van der Waals surface area (Å²) >= 11 is 0. The fourth-order valence-electron chi connectivity index (χ4n) is 1.52. The second kappa shape index (κ2) is 5.01. The lowest BCUT2D eigenvalue weighted by Crippen LogP contribution is -2.43. The van der Waals surface area contributed by atoms with Crippen molar-refractivity contribution in [2.24, 2.45) is 0 Å². The van der Waals surface area contributed by atoms with E-state index in [1.807, 2.05) is 45.0 Å². The molecule has 1 N–H and O–H groups in total. The van der Waals surface area contributed by atoms with Crippen LogP contribution in [-0.2, 0) is 9.53 Å². The van der Waals surface area contributed by atoms with Gasteiger partial charge in [-0.2, -0.15) is 0 Å². The van der Waals surface area contributed by atoms with E-state index in [0.29, 0.717) is 6.42 Å². The van der Waals surface area contributed by atoms with Crippen LogP contribution in [-0.4, -0.2) is 18.6 Å². The molecule has 1 unspecified atom stereocenters. The highest BCUT2D eigenvalue weighted by Gasteiger charge is 2.32. The molecule has 0 aliphatic carbocycles. The summed E-state index contributed by atoms with van der Waals surface area (Å²) in [6.45, 7) is 5.82. The standard InChI is InChI=1S/C13H19NO2/c1-5-13(3,12(15)16-4)14-11-9-7-6-8-10(11)2/h6-9,14H,5H2,1-4H3. The third-order valence-corrected chi connectivity index (χ3v) is 2.90. The summed E-state index contributed by atoms with van der Waals surface area (Å²) in [5.41, 5.74) is 1.42. The first kappa shape index (κ1) is 12.6. The van der Waals surface area contributed by atoms with Crippen LogP contribution in [0.15, 0.2) is 24.3 Å². The second-order valence-electron chi connectivity index (χ2n) is 4.12. The summed E-state index contributed by atoms with van der Waals surface area (Å²) in [6.07, 6.45) is 0.675. The van der Waals surface area contributed by atoms with Gasteiger partial charge in [-0.25, -0.2) is 4.79 Å². The summed E-state index contributed by atoms with van der Waals surface area (Å²) in [4.78, 5) is 11.7. The van der Waals surface area contributed by atoms with Crippen molar-refractivity contribution < 1.29 is 9.53 Å². The molecule has 0 amide bonds. The lowest BCUT2D eigenvalue weighted by molar-refractivity contribution is -0.145. The molecule has 0 saturated heterocycles. The Balaban J connectivity index is 2.94. The molecule has 0 aliphatic rings. The SMILES string of the molecule is CCC(C)(Nc1ccccc1C)C(=O)OC. The van der Waals surface area contributed by atoms with E-state index in [2.05, 4.69) is 5.32 Å². The first-order valence-electron chi connectivity index (χ1n) is 5.45. The number of hydrogen-bond donors (Lipinski definition) is 1. The van der Waals surface area contributed by atoms with E-state index in [-0.39, 0.29) is 5.97 Å². The Morgan fingerprint density at radius 2 is 2.06 bits per heavy atom. The second-order valence-corrected chi connectivity index (χ2v) is 4.12. The highest BCUT2D eigenvalue weighted by atomic mass is 16.5. The van der Waals surface area contributed by atoms with E-state index in [4.69, 9.17) is 4.74 Å². The average molecular weight is 221 g/mol. The molecule has 0 aromatic heterocycles. The van der Waals surface area contributed by atoms with Crippen LogP contribution in [0.4, 0.5) is 5.69 Å². The van der Waals surface area contributed by atoms with Crippen LogP contribution in [0.25, 0.3) is 0 Å². The first-order chi connectivity index (χ1) is 7.53. The Labute approximate surface area is 96.8 Å². The number of methoxy groups -OCH3 is 1. The molecule has 88 valence electrons. The number of ether oxygens (including phenoxy) is 1. The van der Waals surface area contributed by atoms with Gasteiger partial charge in [0.05, 0.1) is 7.11 Å². The summed E-state index contributed by atoms with van der Waals surface area (Å²) in [7, 11) is 1.41. The molecule has 3 heteroatoms. The zero-order chi connectivity index (χ0) is 12.2. The highest BCUT2D eigenvalue weighted by Crippen LogP contribution is 2.22. The molecular formula is C13H19NO2. The van der Waals surface area contributed by atoms with Crippen molar-refractivity contribution in [1.29, 1.82) is 0 Å². The third-order valence-electron chi connectivity index (χ3n) is 2.90. The van der Waals surface area contributed by atoms with E-state index >= 15 is 0 Å². The smallest absolute Gasteiger partial charge is 0.331 e. The van der Waals surface area contributed by atoms with Gasteiger partial charge in [-0.15, -0.1) is 0 Å². The van der Waals surface area contributed by atoms with Crippen LogP contribution in [0.1, 0.15) is 25.8 Å². The maximum atomic E-state index is 11.7. The van der Waals surface area contributed by atoms with Crippen molar-refractivity contribution in [1.82, 2.24) is 0 Å². The molecule has 3 nitrogen and oxygen atoms in total. The number of nitrogens with one attached hydrogen (secondary N) is 1. The number of aryl methyl sites for hydroxylation is 1. The van der Waals surface area contributed by atoms with Crippen molar-refractivity contribution >= 4 is 11.7 Å². The van der Waals surface area contributed by atoms with Crippen LogP contribution in [0.3, 0.4) is 0 Å². The third kappa shape index (κ3) is 2.54. The number of anilines is 1. The van der Waals surface area contributed by atoms with Crippen molar-refractivity contribution in [3.8, 4) is 0 Å². The van der Waals surface area contributed by atoms with Gasteiger partial charge < -0.3 is 10.1 Å². The molecule has 0 fully saturated rings. The van der Waals surface area contributed by atoms with Gasteiger partial charge in [0.15, 0.2) is 0 Å². The number of hydrogen-bond acceptors (Lipinski definition) is 3. The summed E-state index contributed by atoms with van der Waals surface area (Å²) in [5, 5.41) is 3.25. The lowest BCUT2D eigenvalue weighted by atomic mass is 9.98. The predicted molar refractivity (Wildman–Crippen MR) is 65.5 cm³/mol. The number of benzene rings is 1. The zero-order valence-electron chi connectivity index (χ0n) is 10.3. The molecule has 0 aliphatic heterocycles. The Hall–Kier alpha value is -1.51. The minimum Gasteiger partial charge on any atom is -0.467 e. The van der Waals surface area contributed by atoms with Crippen LogP contribution in [0.5, 0.6) is 0 Å². The van der Waals surface area contributed by atoms with Gasteiger partial charge >= 0.3 is 5.97 Å². The molecule has 0 spiro atoms. The van der Waals surface area contributed by atoms with Gasteiger partial charge in [0.25, 0.3) is 0 Å². The van der Waals surface area contributed by atoms with Gasteiger partial charge in [-0.3, -0.25) is 0 Å². The topological polar surface area (TPSA) is 38.3 Å². The Morgan fingerprint density at radius 1 is 1.44 bits per heavy atom. The van der Waals surface area contributed by atoms with Gasteiger partial charge in [0.1, 0.15) is 5.54 Å². The first-order valence-corrected chi connectivity index (χ1v) is 5.45. The quantitative estimate of drug-likeness (QED) is 0.794. The summed E-state index contributed by atoms with van der Waals surface area (Å²) in [6, 6.07) is 7.90. The molecular weight excluding hydrogens is 202 g/mol. The molecule has 1 atom stereocenters. The largest absolute Gasteiger partial charge is 0.467 e. The van der Waals surface area contributed by atoms with E-state index in [1.54, 1.807) is 0 Å². The van der Waals surface area contributed by atoms with E-state index in [0.717, 1.165) is 11.3 Å². The Kier molecular flexibility index (Phi) is 3.93. The minimum absolute atomic E-state index is 0.238. The fraction of sp³-hybridized carbons (Fsp3) is 0.462. The number of carbonyl (C=O) groups excluding carboxylic acids is 1. The van der Waals surface area contributed by atoms with Crippen molar-refractivity contribution in [2.45, 2.75) is 32.7 Å². The molecule has 0 heterocycles. The van der Waals surface area contributed by atoms with Crippen LogP contribution < -0.4 is 5.32 Å². The zero-order valence-corrected chi connectivity index (χ0v) is 10.3.